The third kappa shape index (κ3) is 13.0. The Bertz CT molecular complexity index is 2160. The summed E-state index contributed by atoms with van der Waals surface area (Å²) in [4.78, 5) is 81.0. The number of halogens is 2. The minimum absolute atomic E-state index is 0.0358. The molecule has 6 rings (SSSR count). The number of aliphatic carboxylic acids is 1. The van der Waals surface area contributed by atoms with Gasteiger partial charge in [-0.25, -0.2) is 9.36 Å². The number of phenolic OH excluding ortho intramolecular Hbond substituents is 1. The van der Waals surface area contributed by atoms with Crippen LogP contribution in [0.1, 0.15) is 63.9 Å². The molecule has 344 valence electrons. The van der Waals surface area contributed by atoms with Crippen LogP contribution in [-0.4, -0.2) is 104 Å². The largest absolute Gasteiger partial charge is 0.508 e. The number of phenols is 1. The molecule has 0 saturated carbocycles. The van der Waals surface area contributed by atoms with Gasteiger partial charge in [-0.1, -0.05) is 48.7 Å². The molecule has 1 unspecified atom stereocenters. The summed E-state index contributed by atoms with van der Waals surface area (Å²) in [6.45, 7) is 1.94. The van der Waals surface area contributed by atoms with E-state index < -0.39 is 61.6 Å². The Morgan fingerprint density at radius 2 is 1.50 bits per heavy atom. The number of unbranched alkanes of at least 4 members (excludes halogenated alkanes) is 1. The van der Waals surface area contributed by atoms with Crippen LogP contribution >= 0.6 is 42.6 Å². The molecule has 6 amide bonds. The molecule has 3 aromatic carbocycles. The molecule has 3 saturated heterocycles. The molecule has 3 aliphatic heterocycles. The number of carboxylic acids is 1. The standard InChI is InChI=1S/C43H51Cl2N6O11PS/c1-2-36(63(60,61-29-17-11-26(44)12-18-29)62-30-19-13-27(45)14-20-30)49-41(57)32(23-38(54)55)46-40(56)31(22-25-9-15-28(52)16-10-25)47-42(58)34-6-5-21-51(34)37(53)8-4-3-7-35-39-33(24-64-35)48-43(59)50-39/h9-20,31-36,39,52H,2-8,21-24H2,1H3,(H,46,56)(H,47,58)(H,49,57)(H,54,55)(H2,48,50,59)/t31-,32-,33-,34-,35-,36?,39-/m0/s1. The van der Waals surface area contributed by atoms with Gasteiger partial charge in [-0.15, -0.1) is 0 Å². The third-order valence-electron chi connectivity index (χ3n) is 11.1. The lowest BCUT2D eigenvalue weighted by Crippen LogP contribution is -2.58. The number of nitrogens with one attached hydrogen (secondary N) is 5. The molecule has 3 fully saturated rings. The molecule has 7 N–H and O–H groups in total. The van der Waals surface area contributed by atoms with E-state index in [1.807, 2.05) is 0 Å². The Morgan fingerprint density at radius 3 is 2.11 bits per heavy atom. The molecule has 0 spiro atoms. The fourth-order valence-corrected chi connectivity index (χ4v) is 11.5. The van der Waals surface area contributed by atoms with E-state index in [-0.39, 0.29) is 65.8 Å². The first-order valence-corrected chi connectivity index (χ1v) is 24.4. The van der Waals surface area contributed by atoms with Gasteiger partial charge >= 0.3 is 19.6 Å². The molecule has 64 heavy (non-hydrogen) atoms. The summed E-state index contributed by atoms with van der Waals surface area (Å²) in [5, 5.41) is 34.4. The summed E-state index contributed by atoms with van der Waals surface area (Å²) >= 11 is 13.9. The van der Waals surface area contributed by atoms with Crippen LogP contribution in [0.2, 0.25) is 10.0 Å². The zero-order valence-electron chi connectivity index (χ0n) is 34.9. The molecule has 0 aromatic heterocycles. The summed E-state index contributed by atoms with van der Waals surface area (Å²) < 4.78 is 26.4. The van der Waals surface area contributed by atoms with Crippen molar-refractivity contribution in [3.63, 3.8) is 0 Å². The van der Waals surface area contributed by atoms with Crippen molar-refractivity contribution in [3.8, 4) is 17.2 Å². The van der Waals surface area contributed by atoms with Gasteiger partial charge in [0, 0.05) is 40.4 Å². The molecule has 7 atom stereocenters. The van der Waals surface area contributed by atoms with Crippen molar-refractivity contribution in [2.45, 2.75) is 106 Å². The number of carboxylic acid groups (broad SMARTS) is 1. The van der Waals surface area contributed by atoms with E-state index in [1.165, 1.54) is 65.6 Å². The van der Waals surface area contributed by atoms with E-state index >= 15 is 0 Å². The minimum atomic E-state index is -4.41. The second-order valence-electron chi connectivity index (χ2n) is 15.8. The van der Waals surface area contributed by atoms with Crippen LogP contribution in [-0.2, 0) is 35.0 Å². The second-order valence-corrected chi connectivity index (χ2v) is 20.0. The van der Waals surface area contributed by atoms with Crippen LogP contribution in [0.15, 0.2) is 72.8 Å². The molecule has 3 heterocycles. The van der Waals surface area contributed by atoms with Crippen molar-refractivity contribution in [2.24, 2.45) is 0 Å². The van der Waals surface area contributed by atoms with E-state index in [4.69, 9.17) is 32.2 Å². The number of carbonyl (C=O) groups excluding carboxylic acids is 5. The number of aromatic hydroxyl groups is 1. The van der Waals surface area contributed by atoms with Gasteiger partial charge in [0.15, 0.2) is 5.78 Å². The molecule has 0 radical (unpaired) electrons. The van der Waals surface area contributed by atoms with Crippen molar-refractivity contribution in [1.29, 1.82) is 0 Å². The number of hydrogen-bond acceptors (Lipinski definition) is 11. The summed E-state index contributed by atoms with van der Waals surface area (Å²) in [6, 6.07) is 13.7. The number of fused-ring (bicyclic) bond motifs is 1. The van der Waals surface area contributed by atoms with E-state index in [9.17, 15) is 43.5 Å². The average molecular weight is 962 g/mol. The maximum absolute atomic E-state index is 14.6. The number of carbonyl (C=O) groups is 6. The predicted octanol–water partition coefficient (Wildman–Crippen LogP) is 5.61. The Labute approximate surface area is 384 Å². The lowest BCUT2D eigenvalue weighted by Gasteiger charge is -2.29. The number of nitrogens with zero attached hydrogens (tertiary/aromatic N) is 1. The molecule has 3 aromatic rings. The van der Waals surface area contributed by atoms with Crippen LogP contribution in [0.5, 0.6) is 17.2 Å². The lowest BCUT2D eigenvalue weighted by molar-refractivity contribution is -0.141. The maximum atomic E-state index is 14.6. The number of benzene rings is 3. The molecule has 21 heteroatoms. The SMILES string of the molecule is CCC(NC(=O)[C@H](CC(=O)O)NC(=O)[C@H](Cc1ccc(O)cc1)NC(=O)[C@@H]1CCCN1C(=O)CCCC[C@@H]1SC[C@@H]2NC(=O)N[C@@H]21)P(=O)(Oc1ccc(Cl)cc1)Oc1ccc(Cl)cc1. The van der Waals surface area contributed by atoms with Crippen LogP contribution in [0.25, 0.3) is 0 Å². The summed E-state index contributed by atoms with van der Waals surface area (Å²) in [6.07, 6.45) is 2.22. The number of likely N-dealkylation sites (tertiary alicyclic amines) is 1. The quantitative estimate of drug-likeness (QED) is 0.0392. The molecule has 0 aliphatic carbocycles. The van der Waals surface area contributed by atoms with Gasteiger partial charge in [0.1, 0.15) is 35.4 Å². The second kappa shape index (κ2) is 22.2. The van der Waals surface area contributed by atoms with Gasteiger partial charge in [0.05, 0.1) is 18.5 Å². The Kier molecular flexibility index (Phi) is 16.7. The first kappa shape index (κ1) is 48.3. The highest BCUT2D eigenvalue weighted by Crippen LogP contribution is 2.53. The molecule has 3 aliphatic rings. The first-order valence-electron chi connectivity index (χ1n) is 21.0. The Balaban J connectivity index is 1.14. The first-order chi connectivity index (χ1) is 30.6. The van der Waals surface area contributed by atoms with Gasteiger partial charge < -0.3 is 50.7 Å². The Morgan fingerprint density at radius 1 is 0.875 bits per heavy atom. The molecule has 17 nitrogen and oxygen atoms in total. The zero-order chi connectivity index (χ0) is 46.0. The van der Waals surface area contributed by atoms with Gasteiger partial charge in [-0.2, -0.15) is 11.8 Å². The number of amides is 6. The Hall–Kier alpha value is -5.16. The van der Waals surface area contributed by atoms with Gasteiger partial charge in [0.25, 0.3) is 0 Å². The lowest BCUT2D eigenvalue weighted by atomic mass is 10.0. The highest BCUT2D eigenvalue weighted by Gasteiger charge is 2.44. The van der Waals surface area contributed by atoms with E-state index in [1.54, 1.807) is 30.8 Å². The van der Waals surface area contributed by atoms with Gasteiger partial charge in [-0.05, 0) is 98.3 Å². The third-order valence-corrected chi connectivity index (χ3v) is 15.3. The van der Waals surface area contributed by atoms with E-state index in [0.29, 0.717) is 41.4 Å². The normalized spacial score (nSPS) is 20.5. The smallest absolute Gasteiger partial charge is 0.452 e. The molecule has 0 bridgehead atoms. The van der Waals surface area contributed by atoms with Crippen LogP contribution < -0.4 is 35.6 Å². The van der Waals surface area contributed by atoms with Crippen molar-refractivity contribution < 1.29 is 52.6 Å². The highest BCUT2D eigenvalue weighted by atomic mass is 35.5. The summed E-state index contributed by atoms with van der Waals surface area (Å²) in [5.74, 6) is -4.58. The van der Waals surface area contributed by atoms with Crippen molar-refractivity contribution in [2.75, 3.05) is 12.3 Å². The van der Waals surface area contributed by atoms with Crippen LogP contribution in [0, 0.1) is 0 Å². The summed E-state index contributed by atoms with van der Waals surface area (Å²) in [5.41, 5.74) is 0.516. The monoisotopic (exact) mass is 960 g/mol. The van der Waals surface area contributed by atoms with Gasteiger partial charge in [0.2, 0.25) is 23.6 Å². The fourth-order valence-electron chi connectivity index (χ4n) is 7.85. The zero-order valence-corrected chi connectivity index (χ0v) is 38.1. The predicted molar refractivity (Wildman–Crippen MR) is 241 cm³/mol. The van der Waals surface area contributed by atoms with E-state index in [2.05, 4.69) is 26.6 Å². The van der Waals surface area contributed by atoms with Crippen molar-refractivity contribution in [1.82, 2.24) is 31.5 Å². The topological polar surface area (TPSA) is 242 Å². The molecular formula is C43H51Cl2N6O11PS. The summed E-state index contributed by atoms with van der Waals surface area (Å²) in [7, 11) is -4.41. The number of hydrogen-bond donors (Lipinski definition) is 7. The number of thioether (sulfide) groups is 1. The van der Waals surface area contributed by atoms with Crippen molar-refractivity contribution >= 4 is 78.2 Å². The molecular weight excluding hydrogens is 910 g/mol. The number of urea groups is 1. The average Bonchev–Trinajstić information content (AvgIpc) is 4.00. The van der Waals surface area contributed by atoms with Crippen LogP contribution in [0.4, 0.5) is 4.79 Å². The maximum Gasteiger partial charge on any atom is 0.452 e. The van der Waals surface area contributed by atoms with Crippen LogP contribution in [0.3, 0.4) is 0 Å². The van der Waals surface area contributed by atoms with Gasteiger partial charge in [-0.3, -0.25) is 24.0 Å². The number of rotatable bonds is 21. The van der Waals surface area contributed by atoms with Crippen molar-refractivity contribution in [3.05, 3.63) is 88.4 Å². The van der Waals surface area contributed by atoms with E-state index in [0.717, 1.165) is 18.6 Å². The highest BCUT2D eigenvalue weighted by molar-refractivity contribution is 8.00. The minimum Gasteiger partial charge on any atom is -0.508 e. The fraction of sp³-hybridized carbons (Fsp3) is 0.442.